The first-order valence-electron chi connectivity index (χ1n) is 11.1. The Hall–Kier alpha value is -2.53. The number of fused-ring (bicyclic) bond motifs is 2. The van der Waals surface area contributed by atoms with Crippen molar-refractivity contribution in [3.05, 3.63) is 77.4 Å². The minimum absolute atomic E-state index is 0.178. The first-order valence-corrected chi connectivity index (χ1v) is 11.1. The van der Waals surface area contributed by atoms with Gasteiger partial charge in [0.1, 0.15) is 17.2 Å². The van der Waals surface area contributed by atoms with Crippen molar-refractivity contribution in [2.75, 3.05) is 31.1 Å². The molecule has 0 radical (unpaired) electrons. The molecule has 2 aromatic rings. The Morgan fingerprint density at radius 2 is 1.84 bits per heavy atom. The van der Waals surface area contributed by atoms with E-state index in [-0.39, 0.29) is 5.41 Å². The molecule has 0 aromatic heterocycles. The van der Waals surface area contributed by atoms with Crippen LogP contribution in [0, 0.1) is 11.6 Å². The zero-order valence-electron chi connectivity index (χ0n) is 18.3. The molecule has 0 unspecified atom stereocenters. The number of benzene rings is 2. The van der Waals surface area contributed by atoms with Gasteiger partial charge in [0.15, 0.2) is 0 Å². The van der Waals surface area contributed by atoms with Gasteiger partial charge in [-0.05, 0) is 67.6 Å². The van der Waals surface area contributed by atoms with E-state index in [1.807, 2.05) is 18.2 Å². The number of hydrogen-bond acceptors (Lipinski definition) is 2. The van der Waals surface area contributed by atoms with Crippen LogP contribution in [0.4, 0.5) is 14.5 Å². The number of amides is 1. The number of hydrogen-bond donors (Lipinski definition) is 0. The molecule has 2 heterocycles. The molecule has 4 rings (SSSR count). The average molecular weight is 425 g/mol. The summed E-state index contributed by atoms with van der Waals surface area (Å²) in [6.07, 6.45) is 4.73. The fourth-order valence-corrected chi connectivity index (χ4v) is 4.97. The van der Waals surface area contributed by atoms with Crippen LogP contribution in [-0.4, -0.2) is 37.0 Å². The van der Waals surface area contributed by atoms with E-state index in [1.165, 1.54) is 11.6 Å². The van der Waals surface area contributed by atoms with Gasteiger partial charge in [-0.25, -0.2) is 8.78 Å². The molecule has 31 heavy (non-hydrogen) atoms. The fourth-order valence-electron chi connectivity index (χ4n) is 4.97. The molecule has 2 aliphatic heterocycles. The highest BCUT2D eigenvalue weighted by Crippen LogP contribution is 2.48. The SMILES string of the molecule is C=CCCN1CCC2(CC1)CN(C(=O)c1c(F)cccc1F)c1ccc(C(C)C)cc12. The number of halogens is 2. The number of likely N-dealkylation sites (tertiary alicyclic amines) is 1. The van der Waals surface area contributed by atoms with Crippen LogP contribution in [0.1, 0.15) is 60.5 Å². The van der Waals surface area contributed by atoms with E-state index in [9.17, 15) is 13.6 Å². The quantitative estimate of drug-likeness (QED) is 0.579. The number of carbonyl (C=O) groups excluding carboxylic acids is 1. The molecule has 1 amide bonds. The summed E-state index contributed by atoms with van der Waals surface area (Å²) < 4.78 is 28.8. The van der Waals surface area contributed by atoms with E-state index < -0.39 is 23.1 Å². The van der Waals surface area contributed by atoms with Crippen LogP contribution < -0.4 is 4.90 Å². The summed E-state index contributed by atoms with van der Waals surface area (Å²) in [6.45, 7) is 11.4. The maximum absolute atomic E-state index is 14.4. The first-order chi connectivity index (χ1) is 14.9. The summed E-state index contributed by atoms with van der Waals surface area (Å²) in [6, 6.07) is 9.77. The number of nitrogens with zero attached hydrogens (tertiary/aromatic N) is 2. The molecule has 0 bridgehead atoms. The standard InChI is InChI=1S/C26H30F2N2O/c1-4-5-13-29-14-11-26(12-15-29)17-30(23-10-9-19(18(2)3)16-20(23)26)25(31)24-21(27)7-6-8-22(24)28/h4,6-10,16,18H,1,5,11-15,17H2,2-3H3. The van der Waals surface area contributed by atoms with E-state index in [1.54, 1.807) is 4.90 Å². The Bertz CT molecular complexity index is 973. The molecular weight excluding hydrogens is 394 g/mol. The summed E-state index contributed by atoms with van der Waals surface area (Å²) in [5.41, 5.74) is 2.51. The molecule has 5 heteroatoms. The molecule has 0 N–H and O–H groups in total. The molecule has 1 fully saturated rings. The molecule has 2 aromatic carbocycles. The number of rotatable bonds is 5. The lowest BCUT2D eigenvalue weighted by molar-refractivity contribution is 0.0968. The van der Waals surface area contributed by atoms with Crippen molar-refractivity contribution in [3.63, 3.8) is 0 Å². The lowest BCUT2D eigenvalue weighted by atomic mass is 9.73. The van der Waals surface area contributed by atoms with Gasteiger partial charge in [-0.1, -0.05) is 38.1 Å². The van der Waals surface area contributed by atoms with Crippen molar-refractivity contribution in [3.8, 4) is 0 Å². The van der Waals surface area contributed by atoms with Gasteiger partial charge >= 0.3 is 0 Å². The van der Waals surface area contributed by atoms with Crippen molar-refractivity contribution >= 4 is 11.6 Å². The van der Waals surface area contributed by atoms with E-state index in [2.05, 4.69) is 31.4 Å². The Balaban J connectivity index is 1.71. The summed E-state index contributed by atoms with van der Waals surface area (Å²) in [5.74, 6) is -1.86. The van der Waals surface area contributed by atoms with Crippen molar-refractivity contribution in [2.45, 2.75) is 44.4 Å². The normalized spacial score (nSPS) is 17.9. The fraction of sp³-hybridized carbons (Fsp3) is 0.423. The molecule has 1 saturated heterocycles. The van der Waals surface area contributed by atoms with Gasteiger partial charge in [-0.2, -0.15) is 0 Å². The second-order valence-electron chi connectivity index (χ2n) is 9.12. The van der Waals surface area contributed by atoms with Gasteiger partial charge in [0.25, 0.3) is 5.91 Å². The van der Waals surface area contributed by atoms with Gasteiger partial charge in [-0.3, -0.25) is 4.79 Å². The van der Waals surface area contributed by atoms with E-state index in [0.717, 1.165) is 62.3 Å². The maximum Gasteiger partial charge on any atom is 0.264 e. The topological polar surface area (TPSA) is 23.6 Å². The predicted octanol–water partition coefficient (Wildman–Crippen LogP) is 5.66. The van der Waals surface area contributed by atoms with Crippen LogP contribution in [0.3, 0.4) is 0 Å². The zero-order chi connectivity index (χ0) is 22.2. The Kier molecular flexibility index (Phi) is 5.98. The molecule has 3 nitrogen and oxygen atoms in total. The second kappa shape index (κ2) is 8.54. The molecule has 2 aliphatic rings. The van der Waals surface area contributed by atoms with E-state index in [0.29, 0.717) is 12.5 Å². The summed E-state index contributed by atoms with van der Waals surface area (Å²) in [4.78, 5) is 17.4. The van der Waals surface area contributed by atoms with E-state index in [4.69, 9.17) is 0 Å². The molecule has 1 spiro atoms. The van der Waals surface area contributed by atoms with E-state index >= 15 is 0 Å². The van der Waals surface area contributed by atoms with Crippen LogP contribution >= 0.6 is 0 Å². The van der Waals surface area contributed by atoms with Crippen LogP contribution in [0.2, 0.25) is 0 Å². The molecular formula is C26H30F2N2O. The summed E-state index contributed by atoms with van der Waals surface area (Å²) in [5, 5.41) is 0. The van der Waals surface area contributed by atoms with Gasteiger partial charge in [-0.15, -0.1) is 6.58 Å². The van der Waals surface area contributed by atoms with Gasteiger partial charge in [0, 0.05) is 24.2 Å². The van der Waals surface area contributed by atoms with Crippen LogP contribution in [0.25, 0.3) is 0 Å². The van der Waals surface area contributed by atoms with Crippen LogP contribution in [0.15, 0.2) is 49.1 Å². The molecule has 164 valence electrons. The van der Waals surface area contributed by atoms with Crippen molar-refractivity contribution in [2.24, 2.45) is 0 Å². The monoisotopic (exact) mass is 424 g/mol. The highest BCUT2D eigenvalue weighted by Gasteiger charge is 2.47. The van der Waals surface area contributed by atoms with Crippen LogP contribution in [-0.2, 0) is 5.41 Å². The third-order valence-corrected chi connectivity index (χ3v) is 6.89. The van der Waals surface area contributed by atoms with Crippen molar-refractivity contribution in [1.82, 2.24) is 4.90 Å². The Morgan fingerprint density at radius 3 is 2.45 bits per heavy atom. The number of anilines is 1. The minimum Gasteiger partial charge on any atom is -0.307 e. The molecule has 0 saturated carbocycles. The maximum atomic E-state index is 14.4. The zero-order valence-corrected chi connectivity index (χ0v) is 18.3. The lowest BCUT2D eigenvalue weighted by Gasteiger charge is -2.40. The van der Waals surface area contributed by atoms with Gasteiger partial charge < -0.3 is 9.80 Å². The highest BCUT2D eigenvalue weighted by atomic mass is 19.1. The third-order valence-electron chi connectivity index (χ3n) is 6.89. The molecule has 0 aliphatic carbocycles. The number of carbonyl (C=O) groups is 1. The Morgan fingerprint density at radius 1 is 1.16 bits per heavy atom. The highest BCUT2D eigenvalue weighted by molar-refractivity contribution is 6.08. The number of piperidine rings is 1. The summed E-state index contributed by atoms with van der Waals surface area (Å²) >= 11 is 0. The molecule has 0 atom stereocenters. The smallest absolute Gasteiger partial charge is 0.264 e. The van der Waals surface area contributed by atoms with Crippen LogP contribution in [0.5, 0.6) is 0 Å². The minimum atomic E-state index is -0.814. The second-order valence-corrected chi connectivity index (χ2v) is 9.12. The summed E-state index contributed by atoms with van der Waals surface area (Å²) in [7, 11) is 0. The first kappa shape index (κ1) is 21.7. The lowest BCUT2D eigenvalue weighted by Crippen LogP contribution is -2.46. The van der Waals surface area contributed by atoms with Crippen molar-refractivity contribution < 1.29 is 13.6 Å². The van der Waals surface area contributed by atoms with Gasteiger partial charge in [0.05, 0.1) is 0 Å². The largest absolute Gasteiger partial charge is 0.307 e. The average Bonchev–Trinajstić information content (AvgIpc) is 3.07. The predicted molar refractivity (Wildman–Crippen MR) is 121 cm³/mol. The van der Waals surface area contributed by atoms with Gasteiger partial charge in [0.2, 0.25) is 0 Å². The third kappa shape index (κ3) is 3.91. The Labute approximate surface area is 183 Å². The van der Waals surface area contributed by atoms with Crippen molar-refractivity contribution in [1.29, 1.82) is 0 Å².